The predicted octanol–water partition coefficient (Wildman–Crippen LogP) is 6.48. The number of nitrogens with zero attached hydrogens (tertiary/aromatic N) is 4. The smallest absolute Gasteiger partial charge is 0.407 e. The number of carbonyl (C=O) groups is 2. The van der Waals surface area contributed by atoms with E-state index in [4.69, 9.17) is 5.73 Å². The number of aromatic amines is 2. The fraction of sp³-hybridized carbons (Fsp3) is 0.412. The molecule has 3 atom stereocenters. The second kappa shape index (κ2) is 12.3. The number of hydrogen-bond acceptors (Lipinski definition) is 5. The number of amides is 2. The molecule has 0 unspecified atom stereocenters. The first-order chi connectivity index (χ1) is 20.8. The summed E-state index contributed by atoms with van der Waals surface area (Å²) in [5.74, 6) is 1.17. The minimum Gasteiger partial charge on any atom is -0.465 e. The number of rotatable bonds is 8. The summed E-state index contributed by atoms with van der Waals surface area (Å²) >= 11 is 0. The lowest BCUT2D eigenvalue weighted by molar-refractivity contribution is -0.138. The zero-order chi connectivity index (χ0) is 31.8. The topological polar surface area (TPSA) is 144 Å². The first-order valence-corrected chi connectivity index (χ1v) is 15.2. The van der Waals surface area contributed by atoms with Crippen molar-refractivity contribution in [1.82, 2.24) is 29.7 Å². The molecular formula is C34H43N7O3. The molecule has 0 aliphatic carbocycles. The molecule has 1 saturated heterocycles. The molecule has 1 aliphatic heterocycles. The van der Waals surface area contributed by atoms with E-state index in [-0.39, 0.29) is 29.3 Å². The lowest BCUT2D eigenvalue weighted by Gasteiger charge is -2.33. The summed E-state index contributed by atoms with van der Waals surface area (Å²) in [4.78, 5) is 44.0. The van der Waals surface area contributed by atoms with Crippen molar-refractivity contribution >= 4 is 12.0 Å². The Labute approximate surface area is 258 Å². The normalized spacial score (nSPS) is 16.7. The fourth-order valence-corrected chi connectivity index (χ4v) is 5.89. The van der Waals surface area contributed by atoms with Crippen molar-refractivity contribution in [1.29, 1.82) is 0 Å². The molecule has 5 rings (SSSR count). The first-order valence-electron chi connectivity index (χ1n) is 15.2. The lowest BCUT2D eigenvalue weighted by Crippen LogP contribution is -2.51. The number of nitrogens with one attached hydrogen (secondary N) is 2. The molecule has 3 heterocycles. The van der Waals surface area contributed by atoms with Crippen molar-refractivity contribution in [2.24, 2.45) is 17.1 Å². The van der Waals surface area contributed by atoms with Gasteiger partial charge in [-0.2, -0.15) is 0 Å². The van der Waals surface area contributed by atoms with Gasteiger partial charge in [0.05, 0.1) is 35.9 Å². The van der Waals surface area contributed by atoms with Crippen molar-refractivity contribution in [3.05, 3.63) is 72.6 Å². The van der Waals surface area contributed by atoms with Gasteiger partial charge < -0.3 is 25.7 Å². The minimum atomic E-state index is -1.11. The zero-order valence-corrected chi connectivity index (χ0v) is 26.3. The number of H-pyrrole nitrogens is 2. The molecule has 0 bridgehead atoms. The van der Waals surface area contributed by atoms with E-state index < -0.39 is 12.1 Å². The summed E-state index contributed by atoms with van der Waals surface area (Å²) in [6, 6.07) is 15.5. The van der Waals surface area contributed by atoms with Crippen LogP contribution in [0.4, 0.5) is 4.79 Å². The predicted molar refractivity (Wildman–Crippen MR) is 172 cm³/mol. The molecule has 10 heteroatoms. The third-order valence-electron chi connectivity index (χ3n) is 8.60. The van der Waals surface area contributed by atoms with Gasteiger partial charge in [0.1, 0.15) is 17.7 Å². The molecule has 2 aromatic heterocycles. The Balaban J connectivity index is 1.28. The average molecular weight is 598 g/mol. The van der Waals surface area contributed by atoms with Gasteiger partial charge in [-0.25, -0.2) is 14.8 Å². The molecule has 232 valence electrons. The zero-order valence-electron chi connectivity index (χ0n) is 26.3. The number of likely N-dealkylation sites (N-methyl/N-ethyl adjacent to an activating group) is 1. The minimum absolute atomic E-state index is 0.0868. The molecule has 4 aromatic rings. The highest BCUT2D eigenvalue weighted by Crippen LogP contribution is 2.34. The van der Waals surface area contributed by atoms with Crippen LogP contribution in [0.25, 0.3) is 33.6 Å². The number of carboxylic acid groups (broad SMARTS) is 1. The molecule has 10 nitrogen and oxygen atoms in total. The Bertz CT molecular complexity index is 1600. The Morgan fingerprint density at radius 3 is 1.98 bits per heavy atom. The van der Waals surface area contributed by atoms with E-state index in [1.807, 2.05) is 20.0 Å². The van der Waals surface area contributed by atoms with Gasteiger partial charge in [-0.15, -0.1) is 0 Å². The van der Waals surface area contributed by atoms with Gasteiger partial charge in [0, 0.05) is 13.6 Å². The molecule has 0 saturated carbocycles. The van der Waals surface area contributed by atoms with Crippen LogP contribution in [0.15, 0.2) is 60.9 Å². The van der Waals surface area contributed by atoms with E-state index in [0.717, 1.165) is 63.0 Å². The molecule has 2 amide bonds. The monoisotopic (exact) mass is 597 g/mol. The Kier molecular flexibility index (Phi) is 8.65. The molecule has 1 fully saturated rings. The molecule has 1 aliphatic rings. The quantitative estimate of drug-likeness (QED) is 0.183. The number of aromatic nitrogens is 4. The molecule has 2 aromatic carbocycles. The van der Waals surface area contributed by atoms with Crippen LogP contribution in [-0.2, 0) is 4.79 Å². The third-order valence-corrected chi connectivity index (χ3v) is 8.60. The van der Waals surface area contributed by atoms with Gasteiger partial charge >= 0.3 is 6.09 Å². The van der Waals surface area contributed by atoms with Crippen LogP contribution in [0.1, 0.15) is 71.2 Å². The van der Waals surface area contributed by atoms with Crippen LogP contribution in [0.5, 0.6) is 0 Å². The van der Waals surface area contributed by atoms with Crippen LogP contribution < -0.4 is 5.73 Å². The maximum atomic E-state index is 13.5. The van der Waals surface area contributed by atoms with E-state index >= 15 is 0 Å². The number of carbonyl (C=O) groups excluding carboxylic acids is 1. The highest BCUT2D eigenvalue weighted by Gasteiger charge is 2.39. The number of benzene rings is 2. The SMILES string of the molecule is CC(C)[C@@H](C(=O)N1CCC[C@H]1c1ncc(-c2ccc(-c3ccc(-c4cnc([C@@H](N)C(C)(C)C)[nH]4)cc3)cc2)[nH]1)N(C)C(=O)O. The van der Waals surface area contributed by atoms with Crippen molar-refractivity contribution < 1.29 is 14.7 Å². The van der Waals surface area contributed by atoms with Crippen molar-refractivity contribution in [3.63, 3.8) is 0 Å². The molecular weight excluding hydrogens is 554 g/mol. The number of hydrogen-bond donors (Lipinski definition) is 4. The maximum Gasteiger partial charge on any atom is 0.407 e. The van der Waals surface area contributed by atoms with Gasteiger partial charge in [-0.05, 0) is 46.4 Å². The molecule has 5 N–H and O–H groups in total. The van der Waals surface area contributed by atoms with Gasteiger partial charge in [0.15, 0.2) is 0 Å². The van der Waals surface area contributed by atoms with Crippen LogP contribution in [0.2, 0.25) is 0 Å². The number of imidazole rings is 2. The first kappa shape index (κ1) is 31.0. The molecule has 0 radical (unpaired) electrons. The van der Waals surface area contributed by atoms with E-state index in [1.54, 1.807) is 11.1 Å². The number of likely N-dealkylation sites (tertiary alicyclic amines) is 1. The Hall–Kier alpha value is -4.44. The summed E-state index contributed by atoms with van der Waals surface area (Å²) in [7, 11) is 1.46. The second-order valence-corrected chi connectivity index (χ2v) is 13.1. The summed E-state index contributed by atoms with van der Waals surface area (Å²) in [6.45, 7) is 10.6. The molecule has 0 spiro atoms. The summed E-state index contributed by atoms with van der Waals surface area (Å²) in [5, 5.41) is 9.53. The Morgan fingerprint density at radius 2 is 1.45 bits per heavy atom. The number of nitrogens with two attached hydrogens (primary N) is 1. The van der Waals surface area contributed by atoms with Crippen molar-refractivity contribution in [2.45, 2.75) is 65.6 Å². The maximum absolute atomic E-state index is 13.5. The fourth-order valence-electron chi connectivity index (χ4n) is 5.89. The average Bonchev–Trinajstić information content (AvgIpc) is 3.77. The van der Waals surface area contributed by atoms with Crippen molar-refractivity contribution in [2.75, 3.05) is 13.6 Å². The van der Waals surface area contributed by atoms with E-state index in [1.165, 1.54) is 7.05 Å². The summed E-state index contributed by atoms with van der Waals surface area (Å²) in [6.07, 6.45) is 4.14. The van der Waals surface area contributed by atoms with Crippen LogP contribution in [-0.4, -0.2) is 66.5 Å². The second-order valence-electron chi connectivity index (χ2n) is 13.1. The van der Waals surface area contributed by atoms with Crippen LogP contribution in [0.3, 0.4) is 0 Å². The van der Waals surface area contributed by atoms with E-state index in [0.29, 0.717) is 6.54 Å². The lowest BCUT2D eigenvalue weighted by atomic mass is 9.87. The highest BCUT2D eigenvalue weighted by molar-refractivity contribution is 5.86. The Morgan fingerprint density at radius 1 is 0.932 bits per heavy atom. The molecule has 44 heavy (non-hydrogen) atoms. The summed E-state index contributed by atoms with van der Waals surface area (Å²) < 4.78 is 0. The van der Waals surface area contributed by atoms with Crippen molar-refractivity contribution in [3.8, 4) is 33.6 Å². The van der Waals surface area contributed by atoms with Crippen LogP contribution in [0, 0.1) is 11.3 Å². The van der Waals surface area contributed by atoms with E-state index in [9.17, 15) is 14.7 Å². The third kappa shape index (κ3) is 6.26. The van der Waals surface area contributed by atoms with Gasteiger partial charge in [0.2, 0.25) is 5.91 Å². The van der Waals surface area contributed by atoms with Crippen LogP contribution >= 0.6 is 0 Å². The summed E-state index contributed by atoms with van der Waals surface area (Å²) in [5.41, 5.74) is 12.3. The highest BCUT2D eigenvalue weighted by atomic mass is 16.4. The van der Waals surface area contributed by atoms with Gasteiger partial charge in [-0.3, -0.25) is 9.69 Å². The van der Waals surface area contributed by atoms with E-state index in [2.05, 4.69) is 89.2 Å². The van der Waals surface area contributed by atoms with Gasteiger partial charge in [0.25, 0.3) is 0 Å². The standard InChI is InChI=1S/C34H43N7O3/c1-20(2)28(40(6)33(43)44)32(42)41-17-7-8-27(41)30-36-18-25(38-30)23-13-9-21(10-14-23)22-11-15-24(16-12-22)26-19-37-31(39-26)29(35)34(3,4)5/h9-16,18-20,27-29H,7-8,17,35H2,1-6H3,(H,36,38)(H,37,39)(H,43,44)/t27-,28-,29+/m0/s1. The largest absolute Gasteiger partial charge is 0.465 e. The van der Waals surface area contributed by atoms with Gasteiger partial charge in [-0.1, -0.05) is 83.1 Å².